The third-order valence-electron chi connectivity index (χ3n) is 14.4. The molecule has 0 radical (unpaired) electrons. The molecule has 4 rings (SSSR count). The monoisotopic (exact) mass is 1080 g/mol. The van der Waals surface area contributed by atoms with Crippen molar-refractivity contribution in [1.29, 1.82) is 0 Å². The van der Waals surface area contributed by atoms with E-state index in [1.807, 2.05) is 54.6 Å². The van der Waals surface area contributed by atoms with Crippen molar-refractivity contribution < 1.29 is 52.5 Å². The first-order chi connectivity index (χ1) is 38.3. The van der Waals surface area contributed by atoms with Gasteiger partial charge in [0.1, 0.15) is 19.8 Å². The summed E-state index contributed by atoms with van der Waals surface area (Å²) in [4.78, 5) is 12.7. The zero-order chi connectivity index (χ0) is 55.7. The number of rotatable bonds is 49. The third-order valence-corrected chi connectivity index (χ3v) is 14.4. The Hall–Kier alpha value is -5.45. The van der Waals surface area contributed by atoms with E-state index in [-0.39, 0.29) is 42.6 Å². The van der Waals surface area contributed by atoms with Gasteiger partial charge in [-0.05, 0) is 84.5 Å². The van der Waals surface area contributed by atoms with Crippen LogP contribution in [-0.2, 0) is 19.8 Å². The number of benzene rings is 4. The van der Waals surface area contributed by atoms with Gasteiger partial charge in [-0.3, -0.25) is 0 Å². The molecule has 0 heterocycles. The lowest BCUT2D eigenvalue weighted by atomic mass is 10.1. The molecule has 0 bridgehead atoms. The number of hydrogen-bond acceptors (Lipinski definition) is 10. The molecule has 0 aliphatic rings. The Labute approximate surface area is 471 Å². The molecule has 1 N–H and O–H groups in total. The minimum absolute atomic E-state index is 0.0143. The van der Waals surface area contributed by atoms with Gasteiger partial charge in [0.25, 0.3) is 0 Å². The van der Waals surface area contributed by atoms with Crippen molar-refractivity contribution >= 4 is 5.97 Å². The van der Waals surface area contributed by atoms with Gasteiger partial charge in [-0.15, -0.1) is 0 Å². The van der Waals surface area contributed by atoms with E-state index in [0.29, 0.717) is 54.3 Å². The van der Waals surface area contributed by atoms with E-state index in [0.717, 1.165) is 55.2 Å². The fourth-order valence-corrected chi connectivity index (χ4v) is 9.61. The summed E-state index contributed by atoms with van der Waals surface area (Å²) in [6, 6.07) is 20.1. The van der Waals surface area contributed by atoms with Gasteiger partial charge in [0.05, 0.1) is 46.7 Å². The number of ether oxygens (including phenoxy) is 9. The second-order valence-electron chi connectivity index (χ2n) is 21.0. The SMILES string of the molecule is CCCCCCCCCCCCOc1ccc(COc2cc(C(=O)O)cc(OCc3ccc(OCCCCCCCCCCCC)c(OC)c3)c2OCc2ccc(OCCCCCCCCCCCC)c(OC)c2)cc1OC. The third kappa shape index (κ3) is 26.5. The van der Waals surface area contributed by atoms with Crippen LogP contribution in [0.25, 0.3) is 0 Å². The molecule has 0 atom stereocenters. The normalized spacial score (nSPS) is 11.1. The molecule has 436 valence electrons. The molecular formula is C67H102O11. The van der Waals surface area contributed by atoms with Crippen LogP contribution in [-0.4, -0.2) is 52.2 Å². The van der Waals surface area contributed by atoms with Crippen LogP contribution in [0.4, 0.5) is 0 Å². The minimum Gasteiger partial charge on any atom is -0.493 e. The van der Waals surface area contributed by atoms with Crippen molar-refractivity contribution in [2.75, 3.05) is 41.2 Å². The number of aromatic carboxylic acids is 1. The standard InChI is InChI=1S/C67H102O11/c1-7-10-13-16-19-22-25-28-31-34-43-73-58-40-37-54(46-61(58)70-4)51-76-64-49-57(67(68)69)50-65(77-52-55-38-41-59(62(47-55)71-5)74-44-35-32-29-26-23-20-17-14-11-8-2)66(64)78-53-56-39-42-60(63(48-56)72-6)75-45-36-33-30-27-24-21-18-15-12-9-3/h37-42,46-50H,7-36,43-45,51-53H2,1-6H3,(H,68,69). The average Bonchev–Trinajstić information content (AvgIpc) is 3.47. The van der Waals surface area contributed by atoms with Gasteiger partial charge < -0.3 is 47.7 Å². The highest BCUT2D eigenvalue weighted by molar-refractivity contribution is 5.89. The maximum Gasteiger partial charge on any atom is 0.335 e. The summed E-state index contributed by atoms with van der Waals surface area (Å²) in [5, 5.41) is 10.4. The van der Waals surface area contributed by atoms with Crippen molar-refractivity contribution in [2.24, 2.45) is 0 Å². The Morgan fingerprint density at radius 2 is 0.590 bits per heavy atom. The van der Waals surface area contributed by atoms with E-state index in [1.54, 1.807) is 21.3 Å². The second kappa shape index (κ2) is 41.6. The number of carboxylic acid groups (broad SMARTS) is 1. The zero-order valence-electron chi connectivity index (χ0n) is 49.3. The fourth-order valence-electron chi connectivity index (χ4n) is 9.61. The van der Waals surface area contributed by atoms with Crippen LogP contribution < -0.4 is 42.6 Å². The Kier molecular flexibility index (Phi) is 34.7. The summed E-state index contributed by atoms with van der Waals surface area (Å²) < 4.78 is 55.4. The topological polar surface area (TPSA) is 120 Å². The first-order valence-electron chi connectivity index (χ1n) is 30.5. The van der Waals surface area contributed by atoms with Crippen LogP contribution in [0.1, 0.15) is 240 Å². The van der Waals surface area contributed by atoms with E-state index in [1.165, 1.54) is 166 Å². The first-order valence-corrected chi connectivity index (χ1v) is 30.5. The number of unbranched alkanes of at least 4 members (excludes halogenated alkanes) is 27. The highest BCUT2D eigenvalue weighted by Gasteiger charge is 2.21. The summed E-state index contributed by atoms with van der Waals surface area (Å²) in [7, 11) is 4.89. The van der Waals surface area contributed by atoms with Crippen molar-refractivity contribution in [2.45, 2.75) is 233 Å². The van der Waals surface area contributed by atoms with E-state index >= 15 is 0 Å². The first kappa shape index (κ1) is 65.1. The molecule has 0 fully saturated rings. The molecule has 11 heteroatoms. The Morgan fingerprint density at radius 1 is 0.321 bits per heavy atom. The lowest BCUT2D eigenvalue weighted by molar-refractivity contribution is 0.0695. The van der Waals surface area contributed by atoms with Gasteiger partial charge in [0.2, 0.25) is 5.75 Å². The number of carbonyl (C=O) groups is 1. The average molecular weight is 1080 g/mol. The Balaban J connectivity index is 1.44. The number of carboxylic acids is 1. The molecule has 0 saturated heterocycles. The van der Waals surface area contributed by atoms with Crippen LogP contribution in [0.15, 0.2) is 66.7 Å². The molecule has 11 nitrogen and oxygen atoms in total. The highest BCUT2D eigenvalue weighted by Crippen LogP contribution is 2.42. The molecule has 0 aromatic heterocycles. The molecular weight excluding hydrogens is 981 g/mol. The maximum atomic E-state index is 12.7. The summed E-state index contributed by atoms with van der Waals surface area (Å²) >= 11 is 0. The quantitative estimate of drug-likeness (QED) is 0.0426. The van der Waals surface area contributed by atoms with Gasteiger partial charge in [0, 0.05) is 0 Å². The van der Waals surface area contributed by atoms with Gasteiger partial charge in [-0.2, -0.15) is 0 Å². The van der Waals surface area contributed by atoms with Crippen molar-refractivity contribution in [3.63, 3.8) is 0 Å². The molecule has 0 spiro atoms. The van der Waals surface area contributed by atoms with Crippen molar-refractivity contribution in [3.05, 3.63) is 89.0 Å². The molecule has 4 aromatic rings. The lowest BCUT2D eigenvalue weighted by Gasteiger charge is -2.19. The molecule has 0 amide bonds. The second-order valence-corrected chi connectivity index (χ2v) is 21.0. The Bertz CT molecular complexity index is 2090. The molecule has 4 aromatic carbocycles. The molecule has 0 saturated carbocycles. The van der Waals surface area contributed by atoms with Crippen LogP contribution >= 0.6 is 0 Å². The van der Waals surface area contributed by atoms with Crippen LogP contribution in [0.3, 0.4) is 0 Å². The predicted molar refractivity (Wildman–Crippen MR) is 317 cm³/mol. The van der Waals surface area contributed by atoms with Crippen molar-refractivity contribution in [3.8, 4) is 51.7 Å². The van der Waals surface area contributed by atoms with E-state index in [2.05, 4.69) is 20.8 Å². The lowest BCUT2D eigenvalue weighted by Crippen LogP contribution is -2.07. The fraction of sp³-hybridized carbons (Fsp3) is 0.627. The summed E-state index contributed by atoms with van der Waals surface area (Å²) in [5.41, 5.74) is 2.40. The van der Waals surface area contributed by atoms with Gasteiger partial charge >= 0.3 is 5.97 Å². The van der Waals surface area contributed by atoms with Crippen LogP contribution in [0.5, 0.6) is 51.7 Å². The number of methoxy groups -OCH3 is 3. The van der Waals surface area contributed by atoms with Gasteiger partial charge in [0.15, 0.2) is 46.0 Å². The largest absolute Gasteiger partial charge is 0.493 e. The van der Waals surface area contributed by atoms with Gasteiger partial charge in [-0.25, -0.2) is 4.79 Å². The molecule has 0 aliphatic carbocycles. The van der Waals surface area contributed by atoms with E-state index < -0.39 is 5.97 Å². The van der Waals surface area contributed by atoms with Crippen molar-refractivity contribution in [1.82, 2.24) is 0 Å². The van der Waals surface area contributed by atoms with E-state index in [9.17, 15) is 9.90 Å². The summed E-state index contributed by atoms with van der Waals surface area (Å²) in [5.74, 6) is 3.35. The summed E-state index contributed by atoms with van der Waals surface area (Å²) in [6.45, 7) is 8.89. The highest BCUT2D eigenvalue weighted by atomic mass is 16.5. The molecule has 0 aliphatic heterocycles. The maximum absolute atomic E-state index is 12.7. The predicted octanol–water partition coefficient (Wildman–Crippen LogP) is 19.0. The minimum atomic E-state index is -1.13. The van der Waals surface area contributed by atoms with Crippen LogP contribution in [0.2, 0.25) is 0 Å². The smallest absolute Gasteiger partial charge is 0.335 e. The zero-order valence-corrected chi connectivity index (χ0v) is 49.3. The van der Waals surface area contributed by atoms with Gasteiger partial charge in [-0.1, -0.05) is 212 Å². The van der Waals surface area contributed by atoms with Crippen LogP contribution in [0, 0.1) is 0 Å². The molecule has 78 heavy (non-hydrogen) atoms. The molecule has 0 unspecified atom stereocenters. The number of hydrogen-bond donors (Lipinski definition) is 1. The summed E-state index contributed by atoms with van der Waals surface area (Å²) in [6.07, 6.45) is 37.7. The van der Waals surface area contributed by atoms with E-state index in [4.69, 9.17) is 42.6 Å². The Morgan fingerprint density at radius 3 is 0.859 bits per heavy atom.